The fraction of sp³-hybridized carbons (Fsp3) is 0.676. The van der Waals surface area contributed by atoms with Crippen molar-refractivity contribution < 1.29 is 109 Å². The van der Waals surface area contributed by atoms with Gasteiger partial charge in [-0.05, 0) is 61.8 Å². The van der Waals surface area contributed by atoms with Crippen molar-refractivity contribution in [2.45, 2.75) is 237 Å². The van der Waals surface area contributed by atoms with Crippen molar-refractivity contribution in [3.8, 4) is 5.75 Å². The number of carboxylic acid groups (broad SMARTS) is 3. The van der Waals surface area contributed by atoms with E-state index in [9.17, 15) is 76.2 Å². The predicted octanol–water partition coefficient (Wildman–Crippen LogP) is 6.44. The first kappa shape index (κ1) is 93.3. The molecule has 0 fully saturated rings. The maximum absolute atomic E-state index is 14.3. The fourth-order valence-electron chi connectivity index (χ4n) is 11.5. The number of carbonyl (C=O) groups excluding carboxylic acids is 9. The summed E-state index contributed by atoms with van der Waals surface area (Å²) in [5.41, 5.74) is 6.80. The van der Waals surface area contributed by atoms with Crippen LogP contribution < -0.4 is 31.2 Å². The zero-order valence-corrected chi connectivity index (χ0v) is 62.7. The van der Waals surface area contributed by atoms with Crippen molar-refractivity contribution in [2.75, 3.05) is 80.0 Å². The topological polar surface area (TPSA) is 447 Å². The standard InChI is InChI=1S/C74H117N7O23S/c1-5-7-31-60(65(84)51-77-61(32-8-6-2)72(93)81(4)64(50-69(89)90)73(94)80(3)63(70(75)91)48-54-27-22-21-23-28-54)79-71(92)62(47-55-34-37-59(38-35-55)104-105(97,98)99)78-67(86)53-103-46-43-100-41-26-30-58(83)52-102-45-44-101-42-40-76-66(85)39-36-56(74(95)96)49-57(82)29-24-19-17-15-13-11-9-10-12-14-16-18-20-25-33-68(87)88/h21-23,27-28,34-35,37-38,56,60-64,77H,5-20,24-26,29-33,36,39-53H2,1-4H3,(H2,75,91)(H,76,85)(H,78,86)(H,79,92)(H,87,88)(H,89,90)(H,95,96)(H,97,98,99)/t56-,60+,61+,62+,63+,64-/m1/s1. The lowest BCUT2D eigenvalue weighted by Crippen LogP contribution is -2.58. The van der Waals surface area contributed by atoms with E-state index in [1.54, 1.807) is 30.3 Å². The van der Waals surface area contributed by atoms with Crippen LogP contribution in [0.4, 0.5) is 0 Å². The molecule has 0 aliphatic heterocycles. The zero-order chi connectivity index (χ0) is 77.8. The van der Waals surface area contributed by atoms with Gasteiger partial charge in [0, 0.05) is 72.2 Å². The van der Waals surface area contributed by atoms with E-state index in [1.807, 2.05) is 13.8 Å². The number of aliphatic carboxylic acids is 3. The van der Waals surface area contributed by atoms with E-state index in [0.717, 1.165) is 61.2 Å². The summed E-state index contributed by atoms with van der Waals surface area (Å²) in [5.74, 6) is -9.61. The summed E-state index contributed by atoms with van der Waals surface area (Å²) in [6, 6.07) is 7.51. The molecule has 592 valence electrons. The molecule has 2 aromatic rings. The number of ketones is 3. The second-order valence-electron chi connectivity index (χ2n) is 26.3. The van der Waals surface area contributed by atoms with E-state index in [4.69, 9.17) is 34.3 Å². The highest BCUT2D eigenvalue weighted by Crippen LogP contribution is 2.21. The number of nitrogens with two attached hydrogens (primary N) is 1. The van der Waals surface area contributed by atoms with Crippen molar-refractivity contribution >= 4 is 81.1 Å². The number of nitrogens with one attached hydrogen (secondary N) is 4. The van der Waals surface area contributed by atoms with Gasteiger partial charge >= 0.3 is 28.3 Å². The summed E-state index contributed by atoms with van der Waals surface area (Å²) in [4.78, 5) is 157. The van der Waals surface area contributed by atoms with Gasteiger partial charge in [0.15, 0.2) is 11.6 Å². The summed E-state index contributed by atoms with van der Waals surface area (Å²) in [6.45, 7) is 3.29. The average Bonchev–Trinajstić information content (AvgIpc) is 0.827. The zero-order valence-electron chi connectivity index (χ0n) is 61.9. The highest BCUT2D eigenvalue weighted by Gasteiger charge is 2.38. The molecule has 0 spiro atoms. The Morgan fingerprint density at radius 3 is 1.57 bits per heavy atom. The molecule has 0 aliphatic rings. The molecule has 10 N–H and O–H groups in total. The van der Waals surface area contributed by atoms with Gasteiger partial charge < -0.3 is 69.9 Å². The minimum Gasteiger partial charge on any atom is -0.481 e. The SMILES string of the molecule is CCCC[C@H](NC(=O)[C@H](Cc1ccc(OS(=O)(=O)O)cc1)NC(=O)COCCOCCCC(=O)COCCOCCNC(=O)CC[C@H](CC(=O)CCCCCCCCCCCCCCCCC(=O)O)C(=O)O)C(=O)CN[C@@H](CCCC)C(=O)N(C)[C@H](CC(=O)O)C(=O)N(C)[C@@H](Cc1ccccc1)C(N)=O. The number of benzene rings is 2. The number of amides is 6. The molecule has 31 heteroatoms. The fourth-order valence-corrected chi connectivity index (χ4v) is 11.8. The van der Waals surface area contributed by atoms with Gasteiger partial charge in [-0.15, -0.1) is 0 Å². The van der Waals surface area contributed by atoms with Crippen LogP contribution in [-0.2, 0) is 99.7 Å². The molecule has 0 saturated heterocycles. The maximum atomic E-state index is 14.3. The van der Waals surface area contributed by atoms with Crippen LogP contribution in [0, 0.1) is 5.92 Å². The first-order chi connectivity index (χ1) is 50.1. The second kappa shape index (κ2) is 55.6. The number of nitrogens with zero attached hydrogens (tertiary/aromatic N) is 2. The van der Waals surface area contributed by atoms with E-state index in [2.05, 4.69) is 25.5 Å². The number of unbranched alkanes of at least 4 members (excludes halogenated alkanes) is 15. The summed E-state index contributed by atoms with van der Waals surface area (Å²) in [7, 11) is -2.31. The molecule has 0 heterocycles. The van der Waals surface area contributed by atoms with Crippen LogP contribution in [-0.4, -0.2) is 219 Å². The van der Waals surface area contributed by atoms with Gasteiger partial charge in [-0.1, -0.05) is 159 Å². The minimum absolute atomic E-state index is 0.0193. The average molecular weight is 1500 g/mol. The molecule has 105 heavy (non-hydrogen) atoms. The third kappa shape index (κ3) is 44.7. The number of Topliss-reactive ketones (excluding diaryl/α,β-unsaturated/α-hetero) is 3. The van der Waals surface area contributed by atoms with Gasteiger partial charge in [-0.2, -0.15) is 8.42 Å². The van der Waals surface area contributed by atoms with Crippen LogP contribution in [0.2, 0.25) is 0 Å². The van der Waals surface area contributed by atoms with Crippen LogP contribution in [0.25, 0.3) is 0 Å². The Bertz CT molecular complexity index is 3050. The number of rotatable bonds is 66. The van der Waals surface area contributed by atoms with E-state index in [-0.39, 0.29) is 134 Å². The first-order valence-electron chi connectivity index (χ1n) is 36.9. The van der Waals surface area contributed by atoms with Crippen molar-refractivity contribution in [3.63, 3.8) is 0 Å². The normalized spacial score (nSPS) is 13.1. The number of hydrogen-bond donors (Lipinski definition) is 9. The number of carbonyl (C=O) groups is 12. The quantitative estimate of drug-likeness (QED) is 0.0254. The van der Waals surface area contributed by atoms with Crippen LogP contribution in [0.1, 0.15) is 205 Å². The van der Waals surface area contributed by atoms with Gasteiger partial charge in [0.2, 0.25) is 35.4 Å². The van der Waals surface area contributed by atoms with Crippen LogP contribution in [0.15, 0.2) is 54.6 Å². The monoisotopic (exact) mass is 1500 g/mol. The van der Waals surface area contributed by atoms with E-state index in [1.165, 1.54) is 70.5 Å². The molecule has 2 aromatic carbocycles. The summed E-state index contributed by atoms with van der Waals surface area (Å²) < 4.78 is 58.3. The molecular formula is C74H117N7O23S. The Kier molecular flexibility index (Phi) is 49.4. The Hall–Kier alpha value is -7.81. The molecule has 30 nitrogen and oxygen atoms in total. The van der Waals surface area contributed by atoms with Gasteiger partial charge in [-0.25, -0.2) is 0 Å². The predicted molar refractivity (Wildman–Crippen MR) is 389 cm³/mol. The molecule has 0 aromatic heterocycles. The summed E-state index contributed by atoms with van der Waals surface area (Å²) in [5, 5.41) is 39.3. The maximum Gasteiger partial charge on any atom is 0.446 e. The molecule has 0 saturated carbocycles. The van der Waals surface area contributed by atoms with Crippen molar-refractivity contribution in [3.05, 3.63) is 65.7 Å². The molecule has 0 unspecified atom stereocenters. The number of ether oxygens (including phenoxy) is 4. The Morgan fingerprint density at radius 1 is 0.495 bits per heavy atom. The van der Waals surface area contributed by atoms with Gasteiger partial charge in [0.05, 0.1) is 64.0 Å². The van der Waals surface area contributed by atoms with E-state index < -0.39 is 119 Å². The van der Waals surface area contributed by atoms with Crippen LogP contribution in [0.5, 0.6) is 5.75 Å². The highest BCUT2D eigenvalue weighted by molar-refractivity contribution is 7.81. The molecule has 6 atom stereocenters. The van der Waals surface area contributed by atoms with Crippen molar-refractivity contribution in [1.82, 2.24) is 31.1 Å². The number of primary amides is 1. The van der Waals surface area contributed by atoms with Gasteiger partial charge in [0.25, 0.3) is 0 Å². The number of hydrogen-bond acceptors (Lipinski definition) is 20. The van der Waals surface area contributed by atoms with Gasteiger partial charge in [0.1, 0.15) is 42.9 Å². The summed E-state index contributed by atoms with van der Waals surface area (Å²) in [6.07, 6.45) is 17.2. The number of carboxylic acids is 3. The summed E-state index contributed by atoms with van der Waals surface area (Å²) >= 11 is 0. The van der Waals surface area contributed by atoms with Crippen LogP contribution in [0.3, 0.4) is 0 Å². The van der Waals surface area contributed by atoms with Crippen molar-refractivity contribution in [2.24, 2.45) is 11.7 Å². The lowest BCUT2D eigenvalue weighted by Gasteiger charge is -2.35. The third-order valence-corrected chi connectivity index (χ3v) is 17.9. The lowest BCUT2D eigenvalue weighted by molar-refractivity contribution is -0.152. The van der Waals surface area contributed by atoms with Gasteiger partial charge in [-0.3, -0.25) is 67.4 Å². The Morgan fingerprint density at radius 2 is 1.02 bits per heavy atom. The van der Waals surface area contributed by atoms with Crippen molar-refractivity contribution in [1.29, 1.82) is 0 Å². The first-order valence-corrected chi connectivity index (χ1v) is 38.3. The second-order valence-corrected chi connectivity index (χ2v) is 27.3. The molecule has 6 amide bonds. The largest absolute Gasteiger partial charge is 0.481 e. The minimum atomic E-state index is -4.87. The third-order valence-electron chi connectivity index (χ3n) is 17.5. The van der Waals surface area contributed by atoms with Crippen LogP contribution >= 0.6 is 0 Å². The Labute approximate surface area is 618 Å². The smallest absolute Gasteiger partial charge is 0.446 e. The molecule has 0 aliphatic carbocycles. The molecular weight excluding hydrogens is 1390 g/mol. The molecule has 0 radical (unpaired) electrons. The molecule has 2 rings (SSSR count). The number of likely N-dealkylation sites (N-methyl/N-ethyl adjacent to an activating group) is 2. The highest BCUT2D eigenvalue weighted by atomic mass is 32.3. The van der Waals surface area contributed by atoms with E-state index in [0.29, 0.717) is 56.1 Å². The van der Waals surface area contributed by atoms with E-state index >= 15 is 0 Å². The Balaban J connectivity index is 1.81. The molecule has 0 bridgehead atoms. The lowest BCUT2D eigenvalue weighted by atomic mass is 9.94.